The van der Waals surface area contributed by atoms with Gasteiger partial charge in [0.05, 0.1) is 5.56 Å². The molecule has 0 fully saturated rings. The van der Waals surface area contributed by atoms with Gasteiger partial charge in [-0.25, -0.2) is 0 Å². The molecule has 5 heteroatoms. The Hall–Kier alpha value is -2.56. The van der Waals surface area contributed by atoms with Crippen LogP contribution in [0.15, 0.2) is 78.9 Å². The molecule has 4 rings (SSSR count). The van der Waals surface area contributed by atoms with E-state index in [0.29, 0.717) is 5.56 Å². The lowest BCUT2D eigenvalue weighted by atomic mass is 9.97. The Morgan fingerprint density at radius 2 is 1.65 bits per heavy atom. The van der Waals surface area contributed by atoms with Gasteiger partial charge in [-0.2, -0.15) is 13.2 Å². The summed E-state index contributed by atoms with van der Waals surface area (Å²) in [7, 11) is 0. The maximum absolute atomic E-state index is 13.0. The van der Waals surface area contributed by atoms with E-state index in [1.54, 1.807) is 6.07 Å². The Bertz CT molecular complexity index is 1070. The fourth-order valence-corrected chi connectivity index (χ4v) is 4.24. The summed E-state index contributed by atoms with van der Waals surface area (Å²) in [4.78, 5) is 2.32. The number of benzene rings is 3. The van der Waals surface area contributed by atoms with E-state index in [2.05, 4.69) is 17.0 Å². The minimum absolute atomic E-state index is 0.593. The van der Waals surface area contributed by atoms with Crippen LogP contribution in [0.3, 0.4) is 0 Å². The van der Waals surface area contributed by atoms with Gasteiger partial charge in [-0.1, -0.05) is 72.3 Å². The van der Waals surface area contributed by atoms with Gasteiger partial charge in [0.15, 0.2) is 0 Å². The Balaban J connectivity index is 1.36. The molecule has 3 aromatic rings. The molecule has 0 N–H and O–H groups in total. The fourth-order valence-electron chi connectivity index (χ4n) is 3.92. The third-order valence-corrected chi connectivity index (χ3v) is 6.00. The molecule has 0 atom stereocenters. The fraction of sp³-hybridized carbons (Fsp3) is 0.231. The molecule has 0 saturated carbocycles. The van der Waals surface area contributed by atoms with E-state index >= 15 is 0 Å². The predicted molar refractivity (Wildman–Crippen MR) is 121 cm³/mol. The van der Waals surface area contributed by atoms with Crippen LogP contribution in [-0.2, 0) is 12.6 Å². The topological polar surface area (TPSA) is 3.24 Å². The van der Waals surface area contributed by atoms with Crippen LogP contribution in [0.2, 0.25) is 5.02 Å². The molecule has 0 aliphatic carbocycles. The molecule has 160 valence electrons. The molecule has 31 heavy (non-hydrogen) atoms. The van der Waals surface area contributed by atoms with E-state index in [0.717, 1.165) is 60.3 Å². The zero-order valence-corrected chi connectivity index (χ0v) is 17.8. The molecule has 1 aliphatic rings. The molecule has 0 saturated heterocycles. The SMILES string of the molecule is FC(F)(F)c1cccc(C2=CCN(CCc3ccc(-c4ccccc4)c(Cl)c3)CC2)c1. The van der Waals surface area contributed by atoms with E-state index in [1.165, 1.54) is 17.7 Å². The molecule has 0 aromatic heterocycles. The van der Waals surface area contributed by atoms with Crippen molar-refractivity contribution in [2.24, 2.45) is 0 Å². The van der Waals surface area contributed by atoms with Crippen molar-refractivity contribution in [3.8, 4) is 11.1 Å². The standard InChI is InChI=1S/C26H23ClF3N/c27-25-17-19(9-10-24(25)21-5-2-1-3-6-21)11-14-31-15-12-20(13-16-31)22-7-4-8-23(18-22)26(28,29)30/h1-10,12,17-18H,11,13-16H2. The predicted octanol–water partition coefficient (Wildman–Crippen LogP) is 7.36. The van der Waals surface area contributed by atoms with Crippen molar-refractivity contribution in [1.29, 1.82) is 0 Å². The Morgan fingerprint density at radius 1 is 0.871 bits per heavy atom. The van der Waals surface area contributed by atoms with Crippen molar-refractivity contribution in [1.82, 2.24) is 4.90 Å². The summed E-state index contributed by atoms with van der Waals surface area (Å²) in [5, 5.41) is 0.745. The van der Waals surface area contributed by atoms with Gasteiger partial charge in [-0.3, -0.25) is 4.90 Å². The normalized spacial score (nSPS) is 15.0. The van der Waals surface area contributed by atoms with E-state index in [4.69, 9.17) is 11.6 Å². The first-order valence-electron chi connectivity index (χ1n) is 10.3. The largest absolute Gasteiger partial charge is 0.416 e. The third kappa shape index (κ3) is 5.38. The van der Waals surface area contributed by atoms with Crippen LogP contribution in [0.1, 0.15) is 23.1 Å². The molecule has 0 spiro atoms. The van der Waals surface area contributed by atoms with Crippen molar-refractivity contribution in [3.63, 3.8) is 0 Å². The molecular weight excluding hydrogens is 419 g/mol. The Kier molecular flexibility index (Phi) is 6.49. The minimum atomic E-state index is -4.31. The minimum Gasteiger partial charge on any atom is -0.299 e. The third-order valence-electron chi connectivity index (χ3n) is 5.69. The van der Waals surface area contributed by atoms with Gasteiger partial charge in [0.2, 0.25) is 0 Å². The Labute approximate surface area is 185 Å². The van der Waals surface area contributed by atoms with Gasteiger partial charge in [-0.05, 0) is 53.3 Å². The molecule has 0 unspecified atom stereocenters. The maximum Gasteiger partial charge on any atom is 0.416 e. The van der Waals surface area contributed by atoms with Crippen LogP contribution in [0, 0.1) is 0 Å². The van der Waals surface area contributed by atoms with Gasteiger partial charge < -0.3 is 0 Å². The first-order chi connectivity index (χ1) is 14.9. The smallest absolute Gasteiger partial charge is 0.299 e. The van der Waals surface area contributed by atoms with Crippen LogP contribution < -0.4 is 0 Å². The average Bonchev–Trinajstić information content (AvgIpc) is 2.78. The number of nitrogens with zero attached hydrogens (tertiary/aromatic N) is 1. The van der Waals surface area contributed by atoms with Crippen LogP contribution in [0.5, 0.6) is 0 Å². The van der Waals surface area contributed by atoms with Crippen molar-refractivity contribution in [2.75, 3.05) is 19.6 Å². The Morgan fingerprint density at radius 3 is 2.32 bits per heavy atom. The number of hydrogen-bond acceptors (Lipinski definition) is 1. The van der Waals surface area contributed by atoms with Crippen LogP contribution in [-0.4, -0.2) is 24.5 Å². The number of halogens is 4. The summed E-state index contributed by atoms with van der Waals surface area (Å²) in [6, 6.07) is 21.9. The highest BCUT2D eigenvalue weighted by Gasteiger charge is 2.30. The number of alkyl halides is 3. The first-order valence-corrected chi connectivity index (χ1v) is 10.7. The summed E-state index contributed by atoms with van der Waals surface area (Å²) in [5.74, 6) is 0. The van der Waals surface area contributed by atoms with Gasteiger partial charge in [-0.15, -0.1) is 0 Å². The summed E-state index contributed by atoms with van der Waals surface area (Å²) in [6.45, 7) is 2.45. The molecule has 0 radical (unpaired) electrons. The summed E-state index contributed by atoms with van der Waals surface area (Å²) >= 11 is 6.51. The van der Waals surface area contributed by atoms with Gasteiger partial charge in [0.25, 0.3) is 0 Å². The number of hydrogen-bond donors (Lipinski definition) is 0. The highest BCUT2D eigenvalue weighted by molar-refractivity contribution is 6.33. The zero-order valence-electron chi connectivity index (χ0n) is 17.0. The quantitative estimate of drug-likeness (QED) is 0.400. The second kappa shape index (κ2) is 9.29. The second-order valence-electron chi connectivity index (χ2n) is 7.79. The highest BCUT2D eigenvalue weighted by Crippen LogP contribution is 2.32. The van der Waals surface area contributed by atoms with E-state index in [-0.39, 0.29) is 0 Å². The molecule has 1 aliphatic heterocycles. The monoisotopic (exact) mass is 441 g/mol. The second-order valence-corrected chi connectivity index (χ2v) is 8.20. The van der Waals surface area contributed by atoms with Crippen molar-refractivity contribution >= 4 is 17.2 Å². The van der Waals surface area contributed by atoms with Crippen molar-refractivity contribution < 1.29 is 13.2 Å². The lowest BCUT2D eigenvalue weighted by molar-refractivity contribution is -0.137. The van der Waals surface area contributed by atoms with Crippen molar-refractivity contribution in [3.05, 3.63) is 101 Å². The maximum atomic E-state index is 13.0. The van der Waals surface area contributed by atoms with Gasteiger partial charge in [0, 0.05) is 30.2 Å². The van der Waals surface area contributed by atoms with Gasteiger partial charge >= 0.3 is 6.18 Å². The highest BCUT2D eigenvalue weighted by atomic mass is 35.5. The number of rotatable bonds is 5. The average molecular weight is 442 g/mol. The molecule has 0 bridgehead atoms. The van der Waals surface area contributed by atoms with Crippen LogP contribution in [0.4, 0.5) is 13.2 Å². The van der Waals surface area contributed by atoms with E-state index in [9.17, 15) is 13.2 Å². The van der Waals surface area contributed by atoms with Crippen LogP contribution >= 0.6 is 11.6 Å². The lowest BCUT2D eigenvalue weighted by Crippen LogP contribution is -2.30. The lowest BCUT2D eigenvalue weighted by Gasteiger charge is -2.26. The van der Waals surface area contributed by atoms with E-state index in [1.807, 2.05) is 42.5 Å². The molecule has 3 aromatic carbocycles. The summed E-state index contributed by atoms with van der Waals surface area (Å²) in [5.41, 5.74) is 4.36. The first kappa shape index (κ1) is 21.7. The molecule has 1 nitrogen and oxygen atoms in total. The van der Waals surface area contributed by atoms with Gasteiger partial charge in [0.1, 0.15) is 0 Å². The van der Waals surface area contributed by atoms with Crippen LogP contribution in [0.25, 0.3) is 16.7 Å². The van der Waals surface area contributed by atoms with Crippen molar-refractivity contribution in [2.45, 2.75) is 19.0 Å². The molecule has 1 heterocycles. The molecular formula is C26H23ClF3N. The zero-order chi connectivity index (χ0) is 21.8. The summed E-state index contributed by atoms with van der Waals surface area (Å²) < 4.78 is 38.9. The summed E-state index contributed by atoms with van der Waals surface area (Å²) in [6.07, 6.45) is -0.643. The molecule has 0 amide bonds. The van der Waals surface area contributed by atoms with E-state index < -0.39 is 11.7 Å².